The highest BCUT2D eigenvalue weighted by Crippen LogP contribution is 2.02. The van der Waals surface area contributed by atoms with Gasteiger partial charge in [-0.2, -0.15) is 0 Å². The Hall–Kier alpha value is -1.97. The highest BCUT2D eigenvalue weighted by Gasteiger charge is 1.95. The van der Waals surface area contributed by atoms with E-state index in [4.69, 9.17) is 0 Å². The normalized spacial score (nSPS) is 10.1. The predicted molar refractivity (Wildman–Crippen MR) is 63.2 cm³/mol. The Morgan fingerprint density at radius 1 is 1.19 bits per heavy atom. The van der Waals surface area contributed by atoms with E-state index in [0.29, 0.717) is 0 Å². The van der Waals surface area contributed by atoms with Crippen LogP contribution in [0.3, 0.4) is 0 Å². The zero-order valence-electron chi connectivity index (χ0n) is 9.22. The lowest BCUT2D eigenvalue weighted by atomic mass is 10.3. The molecule has 2 aromatic rings. The molecule has 2 aromatic heterocycles. The number of pyridine rings is 1. The van der Waals surface area contributed by atoms with Gasteiger partial charge in [-0.1, -0.05) is 6.07 Å². The van der Waals surface area contributed by atoms with E-state index in [0.717, 1.165) is 30.2 Å². The average Bonchev–Trinajstić information content (AvgIpc) is 2.30. The van der Waals surface area contributed by atoms with Crippen molar-refractivity contribution in [1.82, 2.24) is 15.0 Å². The van der Waals surface area contributed by atoms with Crippen LogP contribution in [-0.4, -0.2) is 21.5 Å². The van der Waals surface area contributed by atoms with Gasteiger partial charge in [0.25, 0.3) is 0 Å². The molecule has 4 nitrogen and oxygen atoms in total. The third-order valence-electron chi connectivity index (χ3n) is 2.22. The Balaban J connectivity index is 1.85. The van der Waals surface area contributed by atoms with E-state index in [1.54, 1.807) is 6.33 Å². The molecule has 0 unspecified atom stereocenters. The summed E-state index contributed by atoms with van der Waals surface area (Å²) in [5.74, 6) is 0.864. The molecule has 2 rings (SSSR count). The van der Waals surface area contributed by atoms with Crippen molar-refractivity contribution in [2.45, 2.75) is 13.3 Å². The predicted octanol–water partition coefficient (Wildman–Crippen LogP) is 1.83. The van der Waals surface area contributed by atoms with Crippen molar-refractivity contribution in [3.05, 3.63) is 48.2 Å². The Morgan fingerprint density at radius 3 is 2.88 bits per heavy atom. The average molecular weight is 214 g/mol. The second kappa shape index (κ2) is 5.21. The summed E-state index contributed by atoms with van der Waals surface area (Å²) in [5, 5.41) is 3.24. The van der Waals surface area contributed by atoms with Gasteiger partial charge in [-0.15, -0.1) is 0 Å². The molecule has 0 radical (unpaired) electrons. The molecule has 16 heavy (non-hydrogen) atoms. The van der Waals surface area contributed by atoms with E-state index in [1.807, 2.05) is 37.4 Å². The monoisotopic (exact) mass is 214 g/mol. The number of anilines is 1. The lowest BCUT2D eigenvalue weighted by Crippen LogP contribution is -2.07. The van der Waals surface area contributed by atoms with Crippen molar-refractivity contribution < 1.29 is 0 Å². The zero-order valence-corrected chi connectivity index (χ0v) is 9.22. The van der Waals surface area contributed by atoms with Gasteiger partial charge in [0.05, 0.1) is 0 Å². The molecule has 0 aromatic carbocycles. The maximum absolute atomic E-state index is 4.25. The van der Waals surface area contributed by atoms with Crippen LogP contribution >= 0.6 is 0 Å². The minimum atomic E-state index is 0.827. The maximum atomic E-state index is 4.25. The molecule has 0 bridgehead atoms. The molecule has 0 amide bonds. The quantitative estimate of drug-likeness (QED) is 0.843. The third-order valence-corrected chi connectivity index (χ3v) is 2.22. The fourth-order valence-corrected chi connectivity index (χ4v) is 1.42. The van der Waals surface area contributed by atoms with Gasteiger partial charge in [0.1, 0.15) is 12.1 Å². The maximum Gasteiger partial charge on any atom is 0.129 e. The van der Waals surface area contributed by atoms with Crippen LogP contribution in [0, 0.1) is 6.92 Å². The first-order valence-electron chi connectivity index (χ1n) is 5.27. The Labute approximate surface area is 94.8 Å². The molecule has 0 atom stereocenters. The van der Waals surface area contributed by atoms with Crippen LogP contribution in [0.4, 0.5) is 5.82 Å². The van der Waals surface area contributed by atoms with Crippen LogP contribution < -0.4 is 5.32 Å². The van der Waals surface area contributed by atoms with Gasteiger partial charge in [-0.05, 0) is 19.1 Å². The Kier molecular flexibility index (Phi) is 3.43. The van der Waals surface area contributed by atoms with Crippen molar-refractivity contribution in [3.8, 4) is 0 Å². The molecule has 0 spiro atoms. The van der Waals surface area contributed by atoms with Crippen LogP contribution in [-0.2, 0) is 6.42 Å². The molecule has 1 N–H and O–H groups in total. The third kappa shape index (κ3) is 3.02. The van der Waals surface area contributed by atoms with Crippen molar-refractivity contribution in [2.75, 3.05) is 11.9 Å². The van der Waals surface area contributed by atoms with Gasteiger partial charge in [0.2, 0.25) is 0 Å². The summed E-state index contributed by atoms with van der Waals surface area (Å²) in [4.78, 5) is 12.4. The molecule has 0 saturated carbocycles. The van der Waals surface area contributed by atoms with Crippen molar-refractivity contribution in [2.24, 2.45) is 0 Å². The van der Waals surface area contributed by atoms with Crippen molar-refractivity contribution >= 4 is 5.82 Å². The van der Waals surface area contributed by atoms with Crippen LogP contribution in [0.1, 0.15) is 11.4 Å². The Morgan fingerprint density at radius 2 is 2.12 bits per heavy atom. The van der Waals surface area contributed by atoms with E-state index in [9.17, 15) is 0 Å². The summed E-state index contributed by atoms with van der Waals surface area (Å²) in [6.07, 6.45) is 4.27. The van der Waals surface area contributed by atoms with E-state index in [-0.39, 0.29) is 0 Å². The SMILES string of the molecule is Cc1cc(NCCc2ccccn2)ncn1. The molecule has 0 aliphatic heterocycles. The zero-order chi connectivity index (χ0) is 11.2. The molecule has 82 valence electrons. The fraction of sp³-hybridized carbons (Fsp3) is 0.250. The van der Waals surface area contributed by atoms with E-state index < -0.39 is 0 Å². The molecule has 0 aliphatic rings. The molecule has 4 heteroatoms. The number of rotatable bonds is 4. The van der Waals surface area contributed by atoms with Gasteiger partial charge < -0.3 is 5.32 Å². The highest BCUT2D eigenvalue weighted by atomic mass is 15.0. The summed E-state index contributed by atoms with van der Waals surface area (Å²) in [6.45, 7) is 2.78. The topological polar surface area (TPSA) is 50.7 Å². The van der Waals surface area contributed by atoms with E-state index >= 15 is 0 Å². The van der Waals surface area contributed by atoms with Gasteiger partial charge in [0, 0.05) is 36.6 Å². The number of nitrogens with zero attached hydrogens (tertiary/aromatic N) is 3. The van der Waals surface area contributed by atoms with Crippen LogP contribution in [0.15, 0.2) is 36.8 Å². The summed E-state index contributed by atoms with van der Waals surface area (Å²) in [5.41, 5.74) is 2.05. The second-order valence-electron chi connectivity index (χ2n) is 3.54. The van der Waals surface area contributed by atoms with Gasteiger partial charge in [-0.25, -0.2) is 9.97 Å². The van der Waals surface area contributed by atoms with Gasteiger partial charge in [0.15, 0.2) is 0 Å². The van der Waals surface area contributed by atoms with Crippen molar-refractivity contribution in [1.29, 1.82) is 0 Å². The van der Waals surface area contributed by atoms with Crippen LogP contribution in [0.25, 0.3) is 0 Å². The number of aromatic nitrogens is 3. The molecule has 0 saturated heterocycles. The first kappa shape index (κ1) is 10.5. The molecule has 0 fully saturated rings. The first-order chi connectivity index (χ1) is 7.84. The number of hydrogen-bond donors (Lipinski definition) is 1. The minimum Gasteiger partial charge on any atom is -0.370 e. The first-order valence-corrected chi connectivity index (χ1v) is 5.27. The highest BCUT2D eigenvalue weighted by molar-refractivity contribution is 5.34. The molecule has 0 aliphatic carbocycles. The number of nitrogens with one attached hydrogen (secondary N) is 1. The van der Waals surface area contributed by atoms with E-state index in [1.165, 1.54) is 0 Å². The molecular formula is C12H14N4. The number of hydrogen-bond acceptors (Lipinski definition) is 4. The van der Waals surface area contributed by atoms with Gasteiger partial charge in [-0.3, -0.25) is 4.98 Å². The smallest absolute Gasteiger partial charge is 0.129 e. The summed E-state index contributed by atoms with van der Waals surface area (Å²) >= 11 is 0. The number of aryl methyl sites for hydroxylation is 1. The largest absolute Gasteiger partial charge is 0.370 e. The lowest BCUT2D eigenvalue weighted by Gasteiger charge is -2.04. The minimum absolute atomic E-state index is 0.827. The van der Waals surface area contributed by atoms with Crippen LogP contribution in [0.5, 0.6) is 0 Å². The van der Waals surface area contributed by atoms with Gasteiger partial charge >= 0.3 is 0 Å². The van der Waals surface area contributed by atoms with Crippen molar-refractivity contribution in [3.63, 3.8) is 0 Å². The standard InChI is InChI=1S/C12H14N4/c1-10-8-12(16-9-15-10)14-7-5-11-4-2-3-6-13-11/h2-4,6,8-9H,5,7H2,1H3,(H,14,15,16). The van der Waals surface area contributed by atoms with Crippen LogP contribution in [0.2, 0.25) is 0 Å². The Bertz CT molecular complexity index is 442. The summed E-state index contributed by atoms with van der Waals surface area (Å²) in [7, 11) is 0. The molecular weight excluding hydrogens is 200 g/mol. The summed E-state index contributed by atoms with van der Waals surface area (Å²) < 4.78 is 0. The summed E-state index contributed by atoms with van der Waals surface area (Å²) in [6, 6.07) is 7.87. The van der Waals surface area contributed by atoms with E-state index in [2.05, 4.69) is 20.3 Å². The fourth-order valence-electron chi connectivity index (χ4n) is 1.42. The molecule has 2 heterocycles. The lowest BCUT2D eigenvalue weighted by molar-refractivity contribution is 0.948. The second-order valence-corrected chi connectivity index (χ2v) is 3.54.